The van der Waals surface area contributed by atoms with E-state index < -0.39 is 15.9 Å². The molecular weight excluding hydrogens is 432 g/mol. The monoisotopic (exact) mass is 454 g/mol. The molecule has 2 aromatic carbocycles. The summed E-state index contributed by atoms with van der Waals surface area (Å²) in [5.41, 5.74) is 5.85. The summed E-state index contributed by atoms with van der Waals surface area (Å²) in [7, 11) is -2.54. The average Bonchev–Trinajstić information content (AvgIpc) is 2.82. The Labute approximate surface area is 185 Å². The fourth-order valence-electron chi connectivity index (χ4n) is 2.80. The number of carbonyl (C=O) groups excluding carboxylic acids is 2. The number of nitrogens with zero attached hydrogens (tertiary/aromatic N) is 1. The van der Waals surface area contributed by atoms with Gasteiger partial charge < -0.3 is 4.74 Å². The molecule has 0 saturated carbocycles. The highest BCUT2D eigenvalue weighted by molar-refractivity contribution is 7.92. The molecule has 0 saturated heterocycles. The number of anilines is 1. The summed E-state index contributed by atoms with van der Waals surface area (Å²) in [6.07, 6.45) is 3.93. The van der Waals surface area contributed by atoms with Crippen LogP contribution >= 0.6 is 0 Å². The second-order valence-corrected chi connectivity index (χ2v) is 8.38. The smallest absolute Gasteiger partial charge is 0.269 e. The van der Waals surface area contributed by atoms with E-state index in [9.17, 15) is 18.0 Å². The molecule has 1 heterocycles. The van der Waals surface area contributed by atoms with Crippen LogP contribution in [-0.4, -0.2) is 32.3 Å². The van der Waals surface area contributed by atoms with Crippen molar-refractivity contribution in [3.05, 3.63) is 84.2 Å². The van der Waals surface area contributed by atoms with E-state index >= 15 is 0 Å². The first-order valence-electron chi connectivity index (χ1n) is 9.63. The summed E-state index contributed by atoms with van der Waals surface area (Å²) in [5, 5.41) is 0. The number of carbonyl (C=O) groups is 2. The van der Waals surface area contributed by atoms with E-state index in [1.54, 1.807) is 42.7 Å². The number of methoxy groups -OCH3 is 1. The Hall–Kier alpha value is -3.92. The first-order chi connectivity index (χ1) is 15.4. The summed E-state index contributed by atoms with van der Waals surface area (Å²) in [6, 6.07) is 15.7. The number of sulfonamides is 1. The van der Waals surface area contributed by atoms with E-state index in [4.69, 9.17) is 4.74 Å². The second kappa shape index (κ2) is 10.4. The molecule has 0 aliphatic carbocycles. The molecule has 0 atom stereocenters. The first kappa shape index (κ1) is 22.8. The molecule has 3 aromatic rings. The van der Waals surface area contributed by atoms with Gasteiger partial charge in [0.2, 0.25) is 5.91 Å². The van der Waals surface area contributed by atoms with Gasteiger partial charge in [0.05, 0.1) is 17.7 Å². The Kier molecular flexibility index (Phi) is 7.40. The summed E-state index contributed by atoms with van der Waals surface area (Å²) in [6.45, 7) is 0. The SMILES string of the molecule is COc1ccccc1NS(=O)(=O)c1cccc(C(=O)NNC(=O)CCc2cccnc2)c1. The van der Waals surface area contributed by atoms with Crippen molar-refractivity contribution in [2.75, 3.05) is 11.8 Å². The normalized spacial score (nSPS) is 10.8. The maximum atomic E-state index is 12.8. The van der Waals surface area contributed by atoms with Crippen molar-refractivity contribution in [3.8, 4) is 5.75 Å². The summed E-state index contributed by atoms with van der Waals surface area (Å²) in [5.74, 6) is -0.670. The Bertz CT molecular complexity index is 1200. The van der Waals surface area contributed by atoms with Crippen LogP contribution < -0.4 is 20.3 Å². The number of hydrogen-bond acceptors (Lipinski definition) is 6. The highest BCUT2D eigenvalue weighted by atomic mass is 32.2. The van der Waals surface area contributed by atoms with E-state index in [-0.39, 0.29) is 28.5 Å². The number of aromatic nitrogens is 1. The molecule has 32 heavy (non-hydrogen) atoms. The third kappa shape index (κ3) is 6.05. The third-order valence-electron chi connectivity index (χ3n) is 4.44. The zero-order valence-corrected chi connectivity index (χ0v) is 18.1. The van der Waals surface area contributed by atoms with Crippen molar-refractivity contribution in [3.63, 3.8) is 0 Å². The van der Waals surface area contributed by atoms with Crippen molar-refractivity contribution in [2.45, 2.75) is 17.7 Å². The van der Waals surface area contributed by atoms with Crippen molar-refractivity contribution < 1.29 is 22.7 Å². The number of hydrogen-bond donors (Lipinski definition) is 3. The van der Waals surface area contributed by atoms with Crippen LogP contribution in [-0.2, 0) is 21.2 Å². The van der Waals surface area contributed by atoms with Gasteiger partial charge in [-0.25, -0.2) is 8.42 Å². The molecule has 0 spiro atoms. The Morgan fingerprint density at radius 1 is 1.00 bits per heavy atom. The van der Waals surface area contributed by atoms with Gasteiger partial charge in [-0.3, -0.25) is 30.1 Å². The van der Waals surface area contributed by atoms with Gasteiger partial charge in [0.1, 0.15) is 5.75 Å². The van der Waals surface area contributed by atoms with Crippen molar-refractivity contribution in [1.29, 1.82) is 0 Å². The minimum absolute atomic E-state index is 0.0699. The van der Waals surface area contributed by atoms with Crippen molar-refractivity contribution >= 4 is 27.5 Å². The van der Waals surface area contributed by atoms with Gasteiger partial charge >= 0.3 is 0 Å². The fourth-order valence-corrected chi connectivity index (χ4v) is 3.92. The maximum Gasteiger partial charge on any atom is 0.269 e. The predicted octanol–water partition coefficient (Wildman–Crippen LogP) is 2.28. The van der Waals surface area contributed by atoms with Gasteiger partial charge in [0, 0.05) is 24.4 Å². The molecule has 3 rings (SSSR count). The topological polar surface area (TPSA) is 126 Å². The van der Waals surface area contributed by atoms with Crippen LogP contribution in [0.2, 0.25) is 0 Å². The van der Waals surface area contributed by atoms with Gasteiger partial charge in [-0.15, -0.1) is 0 Å². The van der Waals surface area contributed by atoms with Crippen LogP contribution in [0.25, 0.3) is 0 Å². The maximum absolute atomic E-state index is 12.8. The molecule has 3 N–H and O–H groups in total. The molecule has 0 radical (unpaired) electrons. The molecule has 9 nitrogen and oxygen atoms in total. The van der Waals surface area contributed by atoms with Gasteiger partial charge in [0.15, 0.2) is 0 Å². The molecular formula is C22H22N4O5S. The Morgan fingerprint density at radius 2 is 1.81 bits per heavy atom. The number of rotatable bonds is 8. The Balaban J connectivity index is 1.62. The van der Waals surface area contributed by atoms with Gasteiger partial charge in [-0.2, -0.15) is 0 Å². The number of aryl methyl sites for hydroxylation is 1. The zero-order chi connectivity index (χ0) is 23.0. The number of hydrazine groups is 1. The standard InChI is InChI=1S/C22H22N4O5S/c1-31-20-10-3-2-9-19(20)26-32(29,30)18-8-4-7-17(14-18)22(28)25-24-21(27)12-11-16-6-5-13-23-15-16/h2-10,13-15,26H,11-12H2,1H3,(H,24,27)(H,25,28). The molecule has 1 aromatic heterocycles. The van der Waals surface area contributed by atoms with Crippen LogP contribution in [0.1, 0.15) is 22.3 Å². The largest absolute Gasteiger partial charge is 0.495 e. The minimum atomic E-state index is -3.98. The molecule has 0 unspecified atom stereocenters. The van der Waals surface area contributed by atoms with Crippen LogP contribution in [0.5, 0.6) is 5.75 Å². The molecule has 166 valence electrons. The second-order valence-electron chi connectivity index (χ2n) is 6.70. The molecule has 10 heteroatoms. The highest BCUT2D eigenvalue weighted by Gasteiger charge is 2.18. The molecule has 0 aliphatic rings. The van der Waals surface area contributed by atoms with Crippen LogP contribution in [0.4, 0.5) is 5.69 Å². The Morgan fingerprint density at radius 3 is 2.56 bits per heavy atom. The van der Waals surface area contributed by atoms with Crippen LogP contribution in [0, 0.1) is 0 Å². The summed E-state index contributed by atoms with van der Waals surface area (Å²) in [4.78, 5) is 28.2. The summed E-state index contributed by atoms with van der Waals surface area (Å²) < 4.78 is 33.1. The van der Waals surface area contributed by atoms with E-state index in [2.05, 4.69) is 20.6 Å². The quantitative estimate of drug-likeness (QED) is 0.448. The van der Waals surface area contributed by atoms with E-state index in [0.717, 1.165) is 5.56 Å². The van der Waals surface area contributed by atoms with Gasteiger partial charge in [-0.1, -0.05) is 24.3 Å². The molecule has 0 aliphatic heterocycles. The van der Waals surface area contributed by atoms with Crippen molar-refractivity contribution in [2.24, 2.45) is 0 Å². The molecule has 0 bridgehead atoms. The first-order valence-corrected chi connectivity index (χ1v) is 11.1. The van der Waals surface area contributed by atoms with Crippen LogP contribution in [0.3, 0.4) is 0 Å². The fraction of sp³-hybridized carbons (Fsp3) is 0.136. The number of para-hydroxylation sites is 2. The number of benzene rings is 2. The predicted molar refractivity (Wildman–Crippen MR) is 118 cm³/mol. The lowest BCUT2D eigenvalue weighted by Gasteiger charge is -2.12. The zero-order valence-electron chi connectivity index (χ0n) is 17.2. The van der Waals surface area contributed by atoms with Gasteiger partial charge in [-0.05, 0) is 48.4 Å². The lowest BCUT2D eigenvalue weighted by Crippen LogP contribution is -2.41. The van der Waals surface area contributed by atoms with E-state index in [1.165, 1.54) is 31.4 Å². The number of ether oxygens (including phenoxy) is 1. The number of nitrogens with one attached hydrogen (secondary N) is 3. The minimum Gasteiger partial charge on any atom is -0.495 e. The molecule has 2 amide bonds. The lowest BCUT2D eigenvalue weighted by molar-refractivity contribution is -0.121. The molecule has 0 fully saturated rings. The number of pyridine rings is 1. The van der Waals surface area contributed by atoms with Crippen LogP contribution in [0.15, 0.2) is 78.0 Å². The third-order valence-corrected chi connectivity index (χ3v) is 5.80. The average molecular weight is 455 g/mol. The highest BCUT2D eigenvalue weighted by Crippen LogP contribution is 2.26. The number of amides is 2. The summed E-state index contributed by atoms with van der Waals surface area (Å²) >= 11 is 0. The van der Waals surface area contributed by atoms with E-state index in [0.29, 0.717) is 12.2 Å². The lowest BCUT2D eigenvalue weighted by atomic mass is 10.1. The van der Waals surface area contributed by atoms with E-state index in [1.807, 2.05) is 6.07 Å². The van der Waals surface area contributed by atoms with Crippen molar-refractivity contribution in [1.82, 2.24) is 15.8 Å². The van der Waals surface area contributed by atoms with Gasteiger partial charge in [0.25, 0.3) is 15.9 Å².